The van der Waals surface area contributed by atoms with Gasteiger partial charge in [0.15, 0.2) is 0 Å². The van der Waals surface area contributed by atoms with Crippen LogP contribution in [0.1, 0.15) is 10.4 Å². The molecule has 0 amide bonds. The van der Waals surface area contributed by atoms with E-state index in [2.05, 4.69) is 5.32 Å². The van der Waals surface area contributed by atoms with Crippen LogP contribution in [0.2, 0.25) is 0 Å². The van der Waals surface area contributed by atoms with E-state index >= 15 is 0 Å². The Bertz CT molecular complexity index is 627. The predicted molar refractivity (Wildman–Crippen MR) is 81.5 cm³/mol. The van der Waals surface area contributed by atoms with Crippen molar-refractivity contribution in [3.05, 3.63) is 54.1 Å². The minimum Gasteiger partial charge on any atom is -0.478 e. The standard InChI is InChI=1S/C16H17NO5/c18-10-13(19)9-17-12-4-6-14(7-5-12)22-15-3-1-2-11(8-15)16(20)21/h1-8,13,17-19H,9-10H2,(H,20,21). The van der Waals surface area contributed by atoms with Gasteiger partial charge in [-0.15, -0.1) is 0 Å². The normalized spacial score (nSPS) is 11.7. The SMILES string of the molecule is O=C(O)c1cccc(Oc2ccc(NCC(O)CO)cc2)c1. The molecule has 0 saturated heterocycles. The molecule has 1 unspecified atom stereocenters. The number of hydrogen-bond donors (Lipinski definition) is 4. The van der Waals surface area contributed by atoms with Gasteiger partial charge >= 0.3 is 5.97 Å². The summed E-state index contributed by atoms with van der Waals surface area (Å²) in [5.41, 5.74) is 0.938. The monoisotopic (exact) mass is 303 g/mol. The number of aliphatic hydroxyl groups excluding tert-OH is 2. The van der Waals surface area contributed by atoms with Crippen molar-refractivity contribution in [3.8, 4) is 11.5 Å². The average molecular weight is 303 g/mol. The lowest BCUT2D eigenvalue weighted by molar-refractivity contribution is 0.0696. The summed E-state index contributed by atoms with van der Waals surface area (Å²) in [6.45, 7) is -0.0501. The lowest BCUT2D eigenvalue weighted by Crippen LogP contribution is -2.22. The number of rotatable bonds is 7. The minimum absolute atomic E-state index is 0.161. The van der Waals surface area contributed by atoms with Crippen molar-refractivity contribution >= 4 is 11.7 Å². The molecule has 0 bridgehead atoms. The fourth-order valence-corrected chi connectivity index (χ4v) is 1.77. The Balaban J connectivity index is 1.99. The molecule has 22 heavy (non-hydrogen) atoms. The molecule has 0 aliphatic carbocycles. The van der Waals surface area contributed by atoms with E-state index in [9.17, 15) is 9.90 Å². The number of nitrogens with one attached hydrogen (secondary N) is 1. The van der Waals surface area contributed by atoms with Crippen LogP contribution in [0, 0.1) is 0 Å². The maximum absolute atomic E-state index is 10.9. The van der Waals surface area contributed by atoms with Gasteiger partial charge in [-0.2, -0.15) is 0 Å². The van der Waals surface area contributed by atoms with Crippen LogP contribution in [0.25, 0.3) is 0 Å². The number of anilines is 1. The summed E-state index contributed by atoms with van der Waals surface area (Å²) in [6.07, 6.45) is -0.810. The second kappa shape index (κ2) is 7.44. The van der Waals surface area contributed by atoms with Crippen LogP contribution in [0.4, 0.5) is 5.69 Å². The highest BCUT2D eigenvalue weighted by Gasteiger charge is 2.05. The molecular weight excluding hydrogens is 286 g/mol. The molecule has 0 aliphatic heterocycles. The molecule has 0 heterocycles. The van der Waals surface area contributed by atoms with Gasteiger partial charge in [0.2, 0.25) is 0 Å². The number of carbonyl (C=O) groups is 1. The maximum Gasteiger partial charge on any atom is 0.335 e. The molecule has 0 spiro atoms. The summed E-state index contributed by atoms with van der Waals surface area (Å²) < 4.78 is 5.59. The van der Waals surface area contributed by atoms with Crippen LogP contribution in [0.15, 0.2) is 48.5 Å². The number of carboxylic acid groups (broad SMARTS) is 1. The molecule has 2 aromatic rings. The highest BCUT2D eigenvalue weighted by Crippen LogP contribution is 2.23. The van der Waals surface area contributed by atoms with Crippen LogP contribution in [-0.4, -0.2) is 40.5 Å². The van der Waals surface area contributed by atoms with E-state index in [-0.39, 0.29) is 18.7 Å². The molecule has 0 radical (unpaired) electrons. The number of ether oxygens (including phenoxy) is 1. The summed E-state index contributed by atoms with van der Waals surface area (Å²) >= 11 is 0. The maximum atomic E-state index is 10.9. The molecular formula is C16H17NO5. The van der Waals surface area contributed by atoms with Gasteiger partial charge in [0.25, 0.3) is 0 Å². The first-order valence-electron chi connectivity index (χ1n) is 6.72. The Morgan fingerprint density at radius 1 is 1.14 bits per heavy atom. The van der Waals surface area contributed by atoms with Crippen molar-refractivity contribution in [1.82, 2.24) is 0 Å². The molecule has 6 nitrogen and oxygen atoms in total. The lowest BCUT2D eigenvalue weighted by Gasteiger charge is -2.11. The zero-order valence-corrected chi connectivity index (χ0v) is 11.8. The van der Waals surface area contributed by atoms with Crippen LogP contribution < -0.4 is 10.1 Å². The Hall–Kier alpha value is -2.57. The van der Waals surface area contributed by atoms with Gasteiger partial charge in [0.05, 0.1) is 18.3 Å². The van der Waals surface area contributed by atoms with Crippen molar-refractivity contribution in [1.29, 1.82) is 0 Å². The van der Waals surface area contributed by atoms with Crippen molar-refractivity contribution < 1.29 is 24.9 Å². The van der Waals surface area contributed by atoms with Crippen LogP contribution >= 0.6 is 0 Å². The summed E-state index contributed by atoms with van der Waals surface area (Å²) in [4.78, 5) is 10.9. The fourth-order valence-electron chi connectivity index (χ4n) is 1.77. The van der Waals surface area contributed by atoms with Crippen molar-refractivity contribution in [2.75, 3.05) is 18.5 Å². The van der Waals surface area contributed by atoms with Gasteiger partial charge in [-0.1, -0.05) is 6.07 Å². The summed E-state index contributed by atoms with van der Waals surface area (Å²) in [6, 6.07) is 13.2. The third-order valence-electron chi connectivity index (χ3n) is 2.92. The summed E-state index contributed by atoms with van der Waals surface area (Å²) in [5.74, 6) is -0.000420. The third-order valence-corrected chi connectivity index (χ3v) is 2.92. The first-order chi connectivity index (χ1) is 10.6. The molecule has 2 aromatic carbocycles. The highest BCUT2D eigenvalue weighted by atomic mass is 16.5. The predicted octanol–water partition coefficient (Wildman–Crippen LogP) is 1.94. The van der Waals surface area contributed by atoms with Gasteiger partial charge in [0, 0.05) is 12.2 Å². The first-order valence-corrected chi connectivity index (χ1v) is 6.72. The molecule has 2 rings (SSSR count). The Morgan fingerprint density at radius 3 is 2.50 bits per heavy atom. The van der Waals surface area contributed by atoms with Gasteiger partial charge in [-0.25, -0.2) is 4.79 Å². The van der Waals surface area contributed by atoms with Gasteiger partial charge in [0.1, 0.15) is 11.5 Å². The zero-order chi connectivity index (χ0) is 15.9. The number of aromatic carboxylic acids is 1. The third kappa shape index (κ3) is 4.47. The summed E-state index contributed by atoms with van der Waals surface area (Å²) in [5, 5.41) is 29.9. The van der Waals surface area contributed by atoms with Gasteiger partial charge in [-0.05, 0) is 42.5 Å². The first kappa shape index (κ1) is 15.8. The van der Waals surface area contributed by atoms with E-state index in [0.717, 1.165) is 5.69 Å². The molecule has 0 aromatic heterocycles. The molecule has 0 fully saturated rings. The molecule has 0 aliphatic rings. The van der Waals surface area contributed by atoms with E-state index in [4.69, 9.17) is 14.9 Å². The van der Waals surface area contributed by atoms with Crippen LogP contribution in [0.5, 0.6) is 11.5 Å². The fraction of sp³-hybridized carbons (Fsp3) is 0.188. The van der Waals surface area contributed by atoms with Crippen LogP contribution in [0.3, 0.4) is 0 Å². The quantitative estimate of drug-likeness (QED) is 0.624. The molecule has 6 heteroatoms. The number of benzene rings is 2. The second-order valence-corrected chi connectivity index (χ2v) is 4.68. The lowest BCUT2D eigenvalue weighted by atomic mass is 10.2. The molecule has 0 saturated carbocycles. The van der Waals surface area contributed by atoms with Crippen LogP contribution in [-0.2, 0) is 0 Å². The molecule has 4 N–H and O–H groups in total. The summed E-state index contributed by atoms with van der Waals surface area (Å²) in [7, 11) is 0. The van der Waals surface area contributed by atoms with Crippen molar-refractivity contribution in [2.24, 2.45) is 0 Å². The topological polar surface area (TPSA) is 99.0 Å². The van der Waals surface area contributed by atoms with E-state index in [1.807, 2.05) is 0 Å². The average Bonchev–Trinajstić information content (AvgIpc) is 2.54. The number of aliphatic hydroxyl groups is 2. The number of carboxylic acids is 1. The van der Waals surface area contributed by atoms with E-state index < -0.39 is 12.1 Å². The molecule has 116 valence electrons. The van der Waals surface area contributed by atoms with E-state index in [1.54, 1.807) is 36.4 Å². The Morgan fingerprint density at radius 2 is 1.86 bits per heavy atom. The van der Waals surface area contributed by atoms with Gasteiger partial charge in [-0.3, -0.25) is 0 Å². The highest BCUT2D eigenvalue weighted by molar-refractivity contribution is 5.88. The zero-order valence-electron chi connectivity index (χ0n) is 11.8. The van der Waals surface area contributed by atoms with Crippen molar-refractivity contribution in [3.63, 3.8) is 0 Å². The Kier molecular flexibility index (Phi) is 5.35. The Labute approximate surface area is 127 Å². The largest absolute Gasteiger partial charge is 0.478 e. The van der Waals surface area contributed by atoms with Gasteiger partial charge < -0.3 is 25.4 Å². The van der Waals surface area contributed by atoms with E-state index in [0.29, 0.717) is 11.5 Å². The number of hydrogen-bond acceptors (Lipinski definition) is 5. The smallest absolute Gasteiger partial charge is 0.335 e. The molecule has 1 atom stereocenters. The van der Waals surface area contributed by atoms with E-state index in [1.165, 1.54) is 12.1 Å². The minimum atomic E-state index is -1.01. The second-order valence-electron chi connectivity index (χ2n) is 4.68. The van der Waals surface area contributed by atoms with Crippen molar-refractivity contribution in [2.45, 2.75) is 6.10 Å².